The first-order valence-corrected chi connectivity index (χ1v) is 7.88. The van der Waals surface area contributed by atoms with Crippen LogP contribution in [0.15, 0.2) is 0 Å². The lowest BCUT2D eigenvalue weighted by atomic mass is 9.84. The van der Waals surface area contributed by atoms with Gasteiger partial charge in [0.2, 0.25) is 5.91 Å². The first-order valence-electron chi connectivity index (χ1n) is 7.88. The van der Waals surface area contributed by atoms with Crippen molar-refractivity contribution in [3.8, 4) is 0 Å². The van der Waals surface area contributed by atoms with E-state index in [0.29, 0.717) is 12.3 Å². The monoisotopic (exact) mass is 280 g/mol. The zero-order chi connectivity index (χ0) is 14.3. The smallest absolute Gasteiger partial charge is 0.326 e. The Morgan fingerprint density at radius 1 is 1.05 bits per heavy atom. The first-order chi connectivity index (χ1) is 9.58. The Labute approximate surface area is 119 Å². The van der Waals surface area contributed by atoms with E-state index in [1.54, 1.807) is 4.90 Å². The number of likely N-dealkylation sites (tertiary alicyclic amines) is 1. The highest BCUT2D eigenvalue weighted by Crippen LogP contribution is 2.41. The maximum atomic E-state index is 12.8. The third kappa shape index (κ3) is 2.32. The minimum absolute atomic E-state index is 0.0486. The fraction of sp³-hybridized carbons (Fsp3) is 0.867. The first kappa shape index (κ1) is 13.9. The number of carboxylic acids is 1. The molecule has 2 saturated carbocycles. The molecule has 0 spiro atoms. The molecule has 0 aromatic carbocycles. The predicted octanol–water partition coefficient (Wildman–Crippen LogP) is 1.36. The summed E-state index contributed by atoms with van der Waals surface area (Å²) in [6.45, 7) is 0. The molecule has 3 fully saturated rings. The van der Waals surface area contributed by atoms with Gasteiger partial charge in [-0.05, 0) is 44.4 Å². The quantitative estimate of drug-likeness (QED) is 0.800. The van der Waals surface area contributed by atoms with Crippen molar-refractivity contribution in [3.63, 3.8) is 0 Å². The fourth-order valence-corrected chi connectivity index (χ4v) is 4.45. The molecule has 1 aliphatic heterocycles. The molecular weight excluding hydrogens is 256 g/mol. The van der Waals surface area contributed by atoms with Crippen molar-refractivity contribution < 1.29 is 14.7 Å². The van der Waals surface area contributed by atoms with Gasteiger partial charge >= 0.3 is 5.97 Å². The highest BCUT2D eigenvalue weighted by atomic mass is 16.4. The van der Waals surface area contributed by atoms with E-state index in [9.17, 15) is 14.7 Å². The number of carbonyl (C=O) groups is 2. The maximum absolute atomic E-state index is 12.8. The van der Waals surface area contributed by atoms with Gasteiger partial charge in [0.25, 0.3) is 0 Å². The third-order valence-electron chi connectivity index (χ3n) is 5.45. The zero-order valence-electron chi connectivity index (χ0n) is 11.8. The van der Waals surface area contributed by atoms with Gasteiger partial charge in [0.05, 0.1) is 0 Å². The van der Waals surface area contributed by atoms with Crippen LogP contribution in [-0.2, 0) is 9.59 Å². The van der Waals surface area contributed by atoms with Crippen LogP contribution >= 0.6 is 0 Å². The lowest BCUT2D eigenvalue weighted by molar-refractivity contribution is -0.151. The third-order valence-corrected chi connectivity index (χ3v) is 5.45. The molecule has 3 rings (SSSR count). The molecule has 1 saturated heterocycles. The van der Waals surface area contributed by atoms with E-state index in [0.717, 1.165) is 38.5 Å². The average molecular weight is 280 g/mol. The van der Waals surface area contributed by atoms with Crippen molar-refractivity contribution in [1.82, 2.24) is 4.90 Å². The van der Waals surface area contributed by atoms with E-state index in [2.05, 4.69) is 0 Å². The molecule has 0 aromatic heterocycles. The van der Waals surface area contributed by atoms with E-state index in [-0.39, 0.29) is 23.9 Å². The Bertz CT molecular complexity index is 412. The van der Waals surface area contributed by atoms with Crippen LogP contribution in [0.25, 0.3) is 0 Å². The summed E-state index contributed by atoms with van der Waals surface area (Å²) in [5.74, 6) is -0.439. The molecule has 5 heteroatoms. The number of amides is 1. The summed E-state index contributed by atoms with van der Waals surface area (Å²) < 4.78 is 0. The van der Waals surface area contributed by atoms with Crippen LogP contribution in [-0.4, -0.2) is 40.0 Å². The van der Waals surface area contributed by atoms with Crippen LogP contribution < -0.4 is 5.73 Å². The molecule has 3 aliphatic rings. The second-order valence-corrected chi connectivity index (χ2v) is 6.72. The Kier molecular flexibility index (Phi) is 3.71. The van der Waals surface area contributed by atoms with Crippen LogP contribution in [0.2, 0.25) is 0 Å². The minimum atomic E-state index is -0.838. The standard InChI is InChI=1S/C15H24N2O3/c16-11-6-5-10(7-11)14(18)17-12-4-2-1-3-9(12)8-13(17)15(19)20/h9-13H,1-8,16H2,(H,19,20). The summed E-state index contributed by atoms with van der Waals surface area (Å²) in [4.78, 5) is 26.0. The van der Waals surface area contributed by atoms with E-state index < -0.39 is 12.0 Å². The minimum Gasteiger partial charge on any atom is -0.480 e. The highest BCUT2D eigenvalue weighted by molar-refractivity contribution is 5.86. The number of nitrogens with two attached hydrogens (primary N) is 1. The Balaban J connectivity index is 1.80. The largest absolute Gasteiger partial charge is 0.480 e. The number of rotatable bonds is 2. The molecule has 3 N–H and O–H groups in total. The number of carboxylic acid groups (broad SMARTS) is 1. The number of nitrogens with zero attached hydrogens (tertiary/aromatic N) is 1. The molecule has 5 atom stereocenters. The fourth-order valence-electron chi connectivity index (χ4n) is 4.45. The number of aliphatic carboxylic acids is 1. The zero-order valence-corrected chi connectivity index (χ0v) is 11.8. The van der Waals surface area contributed by atoms with Gasteiger partial charge in [0.15, 0.2) is 0 Å². The van der Waals surface area contributed by atoms with Crippen molar-refractivity contribution in [2.45, 2.75) is 69.5 Å². The average Bonchev–Trinajstić information content (AvgIpc) is 3.01. The molecule has 0 radical (unpaired) electrons. The van der Waals surface area contributed by atoms with Gasteiger partial charge < -0.3 is 15.7 Å². The topological polar surface area (TPSA) is 83.6 Å². The van der Waals surface area contributed by atoms with Gasteiger partial charge in [-0.1, -0.05) is 12.8 Å². The summed E-state index contributed by atoms with van der Waals surface area (Å²) >= 11 is 0. The second-order valence-electron chi connectivity index (χ2n) is 6.72. The SMILES string of the molecule is NC1CCC(C(=O)N2C(C(=O)O)CC3CCCCC32)C1. The molecule has 0 bridgehead atoms. The summed E-state index contributed by atoms with van der Waals surface area (Å²) in [5.41, 5.74) is 5.90. The predicted molar refractivity (Wildman–Crippen MR) is 73.9 cm³/mol. The number of carbonyl (C=O) groups excluding carboxylic acids is 1. The molecule has 112 valence electrons. The van der Waals surface area contributed by atoms with Gasteiger partial charge in [-0.25, -0.2) is 4.79 Å². The van der Waals surface area contributed by atoms with E-state index in [1.165, 1.54) is 6.42 Å². The molecule has 1 heterocycles. The molecule has 0 aromatic rings. The van der Waals surface area contributed by atoms with Gasteiger partial charge in [0.1, 0.15) is 6.04 Å². The van der Waals surface area contributed by atoms with Crippen LogP contribution in [0.4, 0.5) is 0 Å². The number of fused-ring (bicyclic) bond motifs is 1. The molecular formula is C15H24N2O3. The molecule has 20 heavy (non-hydrogen) atoms. The maximum Gasteiger partial charge on any atom is 0.326 e. The van der Waals surface area contributed by atoms with Crippen LogP contribution in [0.5, 0.6) is 0 Å². The lowest BCUT2D eigenvalue weighted by Gasteiger charge is -2.34. The normalized spacial score (nSPS) is 40.6. The second kappa shape index (κ2) is 5.35. The van der Waals surface area contributed by atoms with Crippen LogP contribution in [0.1, 0.15) is 51.4 Å². The number of hydrogen-bond donors (Lipinski definition) is 2. The van der Waals surface area contributed by atoms with Gasteiger partial charge in [-0.3, -0.25) is 4.79 Å². The van der Waals surface area contributed by atoms with Gasteiger partial charge in [0, 0.05) is 18.0 Å². The van der Waals surface area contributed by atoms with E-state index >= 15 is 0 Å². The van der Waals surface area contributed by atoms with Crippen LogP contribution in [0, 0.1) is 11.8 Å². The summed E-state index contributed by atoms with van der Waals surface area (Å²) in [7, 11) is 0. The summed E-state index contributed by atoms with van der Waals surface area (Å²) in [6, 6.07) is -0.335. The van der Waals surface area contributed by atoms with Gasteiger partial charge in [-0.2, -0.15) is 0 Å². The van der Waals surface area contributed by atoms with E-state index in [1.807, 2.05) is 0 Å². The Morgan fingerprint density at radius 2 is 1.80 bits per heavy atom. The van der Waals surface area contributed by atoms with E-state index in [4.69, 9.17) is 5.73 Å². The Hall–Kier alpha value is -1.10. The van der Waals surface area contributed by atoms with Crippen molar-refractivity contribution in [3.05, 3.63) is 0 Å². The van der Waals surface area contributed by atoms with Crippen LogP contribution in [0.3, 0.4) is 0 Å². The Morgan fingerprint density at radius 3 is 2.45 bits per heavy atom. The lowest BCUT2D eigenvalue weighted by Crippen LogP contribution is -2.48. The van der Waals surface area contributed by atoms with Crippen molar-refractivity contribution in [2.75, 3.05) is 0 Å². The summed E-state index contributed by atoms with van der Waals surface area (Å²) in [6.07, 6.45) is 7.40. The van der Waals surface area contributed by atoms with Crippen molar-refractivity contribution >= 4 is 11.9 Å². The van der Waals surface area contributed by atoms with Gasteiger partial charge in [-0.15, -0.1) is 0 Å². The molecule has 1 amide bonds. The molecule has 5 nitrogen and oxygen atoms in total. The highest BCUT2D eigenvalue weighted by Gasteiger charge is 2.49. The molecule has 2 aliphatic carbocycles. The number of hydrogen-bond acceptors (Lipinski definition) is 3. The summed E-state index contributed by atoms with van der Waals surface area (Å²) in [5, 5.41) is 9.46. The van der Waals surface area contributed by atoms with Crippen molar-refractivity contribution in [1.29, 1.82) is 0 Å². The molecule has 5 unspecified atom stereocenters. The van der Waals surface area contributed by atoms with Crippen molar-refractivity contribution in [2.24, 2.45) is 17.6 Å².